The lowest BCUT2D eigenvalue weighted by Crippen LogP contribution is -2.35. The minimum Gasteiger partial charge on any atom is -0.388 e. The number of hydrogen-bond donors (Lipinski definition) is 2. The maximum Gasteiger partial charge on any atom is 0.0954 e. The molecule has 0 spiro atoms. The molecule has 1 atom stereocenters. The highest BCUT2D eigenvalue weighted by Crippen LogP contribution is 2.32. The van der Waals surface area contributed by atoms with Crippen LogP contribution in [-0.4, -0.2) is 36.5 Å². The van der Waals surface area contributed by atoms with Gasteiger partial charge in [0.2, 0.25) is 0 Å². The highest BCUT2D eigenvalue weighted by molar-refractivity contribution is 5.76. The predicted molar refractivity (Wildman–Crippen MR) is 80.0 cm³/mol. The number of rotatable bonds is 6. The Hall–Kier alpha value is -1.39. The molecule has 1 unspecified atom stereocenters. The molecule has 2 aliphatic rings. The first-order valence-corrected chi connectivity index (χ1v) is 7.50. The Kier molecular flexibility index (Phi) is 4.03. The van der Waals surface area contributed by atoms with Gasteiger partial charge in [-0.15, -0.1) is 0 Å². The average molecular weight is 273 g/mol. The minimum atomic E-state index is 0.174. The van der Waals surface area contributed by atoms with Gasteiger partial charge in [0.25, 0.3) is 0 Å². The molecule has 4 nitrogen and oxygen atoms in total. The van der Waals surface area contributed by atoms with E-state index in [0.29, 0.717) is 12.5 Å². The van der Waals surface area contributed by atoms with Gasteiger partial charge in [-0.3, -0.25) is 10.3 Å². The molecule has 3 N–H and O–H groups in total. The first-order chi connectivity index (χ1) is 9.74. The quantitative estimate of drug-likeness (QED) is 0.616. The number of hydrogen-bond acceptors (Lipinski definition) is 3. The molecule has 1 aliphatic carbocycles. The van der Waals surface area contributed by atoms with Crippen molar-refractivity contribution in [1.29, 1.82) is 5.41 Å². The molecule has 0 saturated heterocycles. The fraction of sp³-hybridized carbons (Fsp3) is 0.562. The lowest BCUT2D eigenvalue weighted by Gasteiger charge is -2.31. The summed E-state index contributed by atoms with van der Waals surface area (Å²) in [6.07, 6.45) is 4.39. The van der Waals surface area contributed by atoms with Gasteiger partial charge in [0.15, 0.2) is 0 Å². The summed E-state index contributed by atoms with van der Waals surface area (Å²) in [5.41, 5.74) is 8.26. The molecule has 1 aromatic carbocycles. The first-order valence-electron chi connectivity index (χ1n) is 7.50. The third-order valence-electron chi connectivity index (χ3n) is 4.22. The van der Waals surface area contributed by atoms with Crippen LogP contribution in [0.2, 0.25) is 0 Å². The van der Waals surface area contributed by atoms with Crippen molar-refractivity contribution in [3.05, 3.63) is 35.4 Å². The van der Waals surface area contributed by atoms with E-state index in [1.54, 1.807) is 0 Å². The van der Waals surface area contributed by atoms with Crippen LogP contribution in [0.4, 0.5) is 0 Å². The number of nitrogens with two attached hydrogens (primary N) is 1. The molecule has 1 heterocycles. The van der Waals surface area contributed by atoms with Crippen LogP contribution in [0, 0.1) is 5.41 Å². The fourth-order valence-corrected chi connectivity index (χ4v) is 2.97. The van der Waals surface area contributed by atoms with E-state index in [2.05, 4.69) is 29.2 Å². The van der Waals surface area contributed by atoms with Gasteiger partial charge in [-0.1, -0.05) is 24.3 Å². The molecule has 1 fully saturated rings. The van der Waals surface area contributed by atoms with Crippen molar-refractivity contribution in [1.82, 2.24) is 4.90 Å². The largest absolute Gasteiger partial charge is 0.388 e. The van der Waals surface area contributed by atoms with Crippen molar-refractivity contribution >= 4 is 5.84 Å². The molecular weight excluding hydrogens is 250 g/mol. The number of fused-ring (bicyclic) bond motifs is 1. The van der Waals surface area contributed by atoms with Gasteiger partial charge >= 0.3 is 0 Å². The molecule has 1 aromatic rings. The van der Waals surface area contributed by atoms with E-state index in [0.717, 1.165) is 26.1 Å². The SMILES string of the molecule is N=C(N)CCN(CC1OCCc2ccccc21)C1CC1. The smallest absolute Gasteiger partial charge is 0.0954 e. The van der Waals surface area contributed by atoms with E-state index in [1.807, 2.05) is 0 Å². The van der Waals surface area contributed by atoms with Crippen molar-refractivity contribution in [2.24, 2.45) is 5.73 Å². The van der Waals surface area contributed by atoms with Gasteiger partial charge in [-0.2, -0.15) is 0 Å². The zero-order valence-electron chi connectivity index (χ0n) is 11.8. The van der Waals surface area contributed by atoms with Crippen LogP contribution in [-0.2, 0) is 11.2 Å². The Labute approximate surface area is 120 Å². The maximum atomic E-state index is 7.41. The maximum absolute atomic E-state index is 7.41. The Bertz CT molecular complexity index is 484. The summed E-state index contributed by atoms with van der Waals surface area (Å²) in [7, 11) is 0. The normalized spacial score (nSPS) is 21.8. The Morgan fingerprint density at radius 2 is 2.15 bits per heavy atom. The Balaban J connectivity index is 1.68. The first kappa shape index (κ1) is 13.6. The second-order valence-electron chi connectivity index (χ2n) is 5.81. The van der Waals surface area contributed by atoms with Gasteiger partial charge in [-0.05, 0) is 30.4 Å². The van der Waals surface area contributed by atoms with Crippen molar-refractivity contribution < 1.29 is 4.74 Å². The fourth-order valence-electron chi connectivity index (χ4n) is 2.97. The Morgan fingerprint density at radius 1 is 1.35 bits per heavy atom. The zero-order valence-corrected chi connectivity index (χ0v) is 11.8. The molecular formula is C16H23N3O. The number of nitrogens with one attached hydrogen (secondary N) is 1. The molecule has 1 aliphatic heterocycles. The molecule has 0 aromatic heterocycles. The van der Waals surface area contributed by atoms with E-state index in [9.17, 15) is 0 Å². The van der Waals surface area contributed by atoms with E-state index >= 15 is 0 Å². The van der Waals surface area contributed by atoms with Crippen LogP contribution in [0.5, 0.6) is 0 Å². The molecule has 3 rings (SSSR count). The van der Waals surface area contributed by atoms with Gasteiger partial charge < -0.3 is 10.5 Å². The third-order valence-corrected chi connectivity index (χ3v) is 4.22. The van der Waals surface area contributed by atoms with E-state index in [1.165, 1.54) is 24.0 Å². The van der Waals surface area contributed by atoms with Crippen LogP contribution in [0.15, 0.2) is 24.3 Å². The lowest BCUT2D eigenvalue weighted by molar-refractivity contribution is 0.0145. The average Bonchev–Trinajstić information content (AvgIpc) is 3.28. The highest BCUT2D eigenvalue weighted by atomic mass is 16.5. The highest BCUT2D eigenvalue weighted by Gasteiger charge is 2.32. The second kappa shape index (κ2) is 5.94. The van der Waals surface area contributed by atoms with Crippen LogP contribution in [0.25, 0.3) is 0 Å². The molecule has 20 heavy (non-hydrogen) atoms. The lowest BCUT2D eigenvalue weighted by atomic mass is 9.97. The van der Waals surface area contributed by atoms with Crippen molar-refractivity contribution in [2.45, 2.75) is 37.8 Å². The summed E-state index contributed by atoms with van der Waals surface area (Å²) in [4.78, 5) is 2.45. The number of benzene rings is 1. The van der Waals surface area contributed by atoms with Crippen LogP contribution in [0.3, 0.4) is 0 Å². The summed E-state index contributed by atoms with van der Waals surface area (Å²) in [6, 6.07) is 9.27. The van der Waals surface area contributed by atoms with Crippen molar-refractivity contribution in [2.75, 3.05) is 19.7 Å². The molecule has 0 bridgehead atoms. The Morgan fingerprint density at radius 3 is 2.90 bits per heavy atom. The van der Waals surface area contributed by atoms with Gasteiger partial charge in [0, 0.05) is 25.6 Å². The monoisotopic (exact) mass is 273 g/mol. The van der Waals surface area contributed by atoms with Crippen molar-refractivity contribution in [3.63, 3.8) is 0 Å². The minimum absolute atomic E-state index is 0.174. The standard InChI is InChI=1S/C16H23N3O/c17-16(18)7-9-19(13-5-6-13)11-15-14-4-2-1-3-12(14)8-10-20-15/h1-4,13,15H,5-11H2,(H3,17,18). The molecule has 108 valence electrons. The third kappa shape index (κ3) is 3.19. The number of ether oxygens (including phenoxy) is 1. The predicted octanol–water partition coefficient (Wildman–Crippen LogP) is 2.09. The zero-order chi connectivity index (χ0) is 13.9. The van der Waals surface area contributed by atoms with Gasteiger partial charge in [-0.25, -0.2) is 0 Å². The summed E-state index contributed by atoms with van der Waals surface area (Å²) >= 11 is 0. The number of nitrogens with zero attached hydrogens (tertiary/aromatic N) is 1. The molecule has 0 radical (unpaired) electrons. The molecule has 4 heteroatoms. The van der Waals surface area contributed by atoms with Gasteiger partial charge in [0.1, 0.15) is 0 Å². The molecule has 0 amide bonds. The van der Waals surface area contributed by atoms with Crippen LogP contribution in [0.1, 0.15) is 36.5 Å². The van der Waals surface area contributed by atoms with Crippen LogP contribution >= 0.6 is 0 Å². The second-order valence-corrected chi connectivity index (χ2v) is 5.81. The summed E-state index contributed by atoms with van der Waals surface area (Å²) in [5.74, 6) is 0.278. The van der Waals surface area contributed by atoms with E-state index < -0.39 is 0 Å². The number of amidine groups is 1. The summed E-state index contributed by atoms with van der Waals surface area (Å²) in [6.45, 7) is 2.61. The van der Waals surface area contributed by atoms with E-state index in [-0.39, 0.29) is 11.9 Å². The van der Waals surface area contributed by atoms with Crippen LogP contribution < -0.4 is 5.73 Å². The van der Waals surface area contributed by atoms with E-state index in [4.69, 9.17) is 15.9 Å². The topological polar surface area (TPSA) is 62.3 Å². The summed E-state index contributed by atoms with van der Waals surface area (Å²) < 4.78 is 5.99. The van der Waals surface area contributed by atoms with Crippen molar-refractivity contribution in [3.8, 4) is 0 Å². The molecule has 1 saturated carbocycles. The van der Waals surface area contributed by atoms with Gasteiger partial charge in [0.05, 0.1) is 18.5 Å². The summed E-state index contributed by atoms with van der Waals surface area (Å²) in [5, 5.41) is 7.41.